The molecule has 0 amide bonds. The maximum atomic E-state index is 5.84. The van der Waals surface area contributed by atoms with Gasteiger partial charge >= 0.3 is 0 Å². The van der Waals surface area contributed by atoms with E-state index in [0.717, 1.165) is 26.1 Å². The van der Waals surface area contributed by atoms with Gasteiger partial charge in [0.2, 0.25) is 0 Å². The first kappa shape index (κ1) is 13.6. The Morgan fingerprint density at radius 3 is 2.56 bits per heavy atom. The molecule has 1 rings (SSSR count). The van der Waals surface area contributed by atoms with Crippen molar-refractivity contribution in [3.63, 3.8) is 0 Å². The zero-order valence-electron chi connectivity index (χ0n) is 11.6. The first-order valence-corrected chi connectivity index (χ1v) is 6.50. The summed E-state index contributed by atoms with van der Waals surface area (Å²) in [5, 5.41) is 0. The van der Waals surface area contributed by atoms with Crippen molar-refractivity contribution in [3.05, 3.63) is 11.3 Å². The Morgan fingerprint density at radius 1 is 1.31 bits per heavy atom. The largest absolute Gasteiger partial charge is 0.482 e. The van der Waals surface area contributed by atoms with E-state index < -0.39 is 0 Å². The lowest BCUT2D eigenvalue weighted by molar-refractivity contribution is 0.0643. The van der Waals surface area contributed by atoms with E-state index in [9.17, 15) is 0 Å². The van der Waals surface area contributed by atoms with E-state index in [1.54, 1.807) is 0 Å². The summed E-state index contributed by atoms with van der Waals surface area (Å²) in [7, 11) is 2.11. The van der Waals surface area contributed by atoms with Gasteiger partial charge in [0, 0.05) is 13.0 Å². The Labute approximate surface area is 101 Å². The van der Waals surface area contributed by atoms with Crippen molar-refractivity contribution < 1.29 is 4.74 Å². The molecule has 1 heterocycles. The van der Waals surface area contributed by atoms with Crippen molar-refractivity contribution in [2.45, 2.75) is 53.4 Å². The second kappa shape index (κ2) is 5.72. The fourth-order valence-electron chi connectivity index (χ4n) is 1.94. The van der Waals surface area contributed by atoms with Gasteiger partial charge in [-0.3, -0.25) is 4.90 Å². The zero-order chi connectivity index (χ0) is 12.2. The van der Waals surface area contributed by atoms with E-state index in [4.69, 9.17) is 4.74 Å². The van der Waals surface area contributed by atoms with Crippen molar-refractivity contribution in [2.75, 3.05) is 20.3 Å². The SMILES string of the molecule is CCC1=C(CCC(C)(C)CC)OCN(C)C1. The van der Waals surface area contributed by atoms with Crippen LogP contribution >= 0.6 is 0 Å². The topological polar surface area (TPSA) is 12.5 Å². The van der Waals surface area contributed by atoms with Crippen LogP contribution in [0.25, 0.3) is 0 Å². The third kappa shape index (κ3) is 3.82. The van der Waals surface area contributed by atoms with E-state index in [0.29, 0.717) is 5.41 Å². The molecule has 0 radical (unpaired) electrons. The molecule has 0 aromatic rings. The van der Waals surface area contributed by atoms with Crippen LogP contribution in [-0.4, -0.2) is 25.2 Å². The molecular weight excluding hydrogens is 198 g/mol. The smallest absolute Gasteiger partial charge is 0.141 e. The van der Waals surface area contributed by atoms with Gasteiger partial charge in [-0.25, -0.2) is 0 Å². The summed E-state index contributed by atoms with van der Waals surface area (Å²) in [6.45, 7) is 11.0. The van der Waals surface area contributed by atoms with Gasteiger partial charge in [-0.1, -0.05) is 34.1 Å². The van der Waals surface area contributed by atoms with E-state index in [1.165, 1.54) is 24.2 Å². The van der Waals surface area contributed by atoms with Crippen LogP contribution < -0.4 is 0 Å². The predicted octanol–water partition coefficient (Wildman–Crippen LogP) is 3.79. The molecule has 1 aliphatic rings. The Hall–Kier alpha value is -0.500. The van der Waals surface area contributed by atoms with Gasteiger partial charge in [-0.05, 0) is 30.9 Å². The summed E-state index contributed by atoms with van der Waals surface area (Å²) >= 11 is 0. The number of nitrogens with zero attached hydrogens (tertiary/aromatic N) is 1. The Balaban J connectivity index is 2.57. The molecule has 0 aromatic heterocycles. The van der Waals surface area contributed by atoms with Crippen LogP contribution in [0, 0.1) is 5.41 Å². The molecule has 16 heavy (non-hydrogen) atoms. The van der Waals surface area contributed by atoms with Gasteiger partial charge in [0.15, 0.2) is 0 Å². The maximum absolute atomic E-state index is 5.84. The minimum Gasteiger partial charge on any atom is -0.482 e. The summed E-state index contributed by atoms with van der Waals surface area (Å²) in [5.74, 6) is 1.27. The van der Waals surface area contributed by atoms with E-state index in [-0.39, 0.29) is 0 Å². The van der Waals surface area contributed by atoms with Crippen LogP contribution in [0.2, 0.25) is 0 Å². The number of likely N-dealkylation sites (N-methyl/N-ethyl adjacent to an activating group) is 1. The molecule has 0 saturated heterocycles. The molecule has 0 spiro atoms. The highest BCUT2D eigenvalue weighted by molar-refractivity contribution is 5.12. The molecule has 2 nitrogen and oxygen atoms in total. The highest BCUT2D eigenvalue weighted by Gasteiger charge is 2.20. The fraction of sp³-hybridized carbons (Fsp3) is 0.857. The lowest BCUT2D eigenvalue weighted by atomic mass is 9.84. The van der Waals surface area contributed by atoms with Crippen molar-refractivity contribution in [3.8, 4) is 0 Å². The summed E-state index contributed by atoms with van der Waals surface area (Å²) in [4.78, 5) is 2.23. The van der Waals surface area contributed by atoms with Crippen LogP contribution in [0.5, 0.6) is 0 Å². The molecule has 0 aromatic carbocycles. The molecule has 0 saturated carbocycles. The maximum Gasteiger partial charge on any atom is 0.141 e. The summed E-state index contributed by atoms with van der Waals surface area (Å²) in [6, 6.07) is 0. The van der Waals surface area contributed by atoms with Gasteiger partial charge in [0.05, 0.1) is 5.76 Å². The third-order valence-corrected chi connectivity index (χ3v) is 3.73. The average Bonchev–Trinajstić information content (AvgIpc) is 2.27. The Bertz CT molecular complexity index is 255. The summed E-state index contributed by atoms with van der Waals surface area (Å²) in [5.41, 5.74) is 1.93. The average molecular weight is 225 g/mol. The normalized spacial score (nSPS) is 18.8. The first-order chi connectivity index (χ1) is 7.48. The monoisotopic (exact) mass is 225 g/mol. The molecule has 0 unspecified atom stereocenters. The minimum atomic E-state index is 0.443. The van der Waals surface area contributed by atoms with Crippen LogP contribution in [0.3, 0.4) is 0 Å². The number of hydrogen-bond acceptors (Lipinski definition) is 2. The fourth-order valence-corrected chi connectivity index (χ4v) is 1.94. The highest BCUT2D eigenvalue weighted by Crippen LogP contribution is 2.30. The standard InChI is InChI=1S/C14H27NO/c1-6-12-10-15(5)11-16-13(12)8-9-14(3,4)7-2/h6-11H2,1-5H3. The lowest BCUT2D eigenvalue weighted by Crippen LogP contribution is -2.30. The van der Waals surface area contributed by atoms with E-state index >= 15 is 0 Å². The summed E-state index contributed by atoms with van der Waals surface area (Å²) in [6.07, 6.45) is 4.69. The molecule has 0 N–H and O–H groups in total. The molecule has 1 aliphatic heterocycles. The second-order valence-electron chi connectivity index (χ2n) is 5.69. The Kier molecular flexibility index (Phi) is 4.85. The van der Waals surface area contributed by atoms with Crippen molar-refractivity contribution >= 4 is 0 Å². The van der Waals surface area contributed by atoms with Crippen LogP contribution in [-0.2, 0) is 4.74 Å². The number of hydrogen-bond donors (Lipinski definition) is 0. The van der Waals surface area contributed by atoms with Gasteiger partial charge in [-0.15, -0.1) is 0 Å². The van der Waals surface area contributed by atoms with Gasteiger partial charge in [0.25, 0.3) is 0 Å². The summed E-state index contributed by atoms with van der Waals surface area (Å²) < 4.78 is 5.84. The van der Waals surface area contributed by atoms with Gasteiger partial charge < -0.3 is 4.74 Å². The van der Waals surface area contributed by atoms with Crippen molar-refractivity contribution in [2.24, 2.45) is 5.41 Å². The zero-order valence-corrected chi connectivity index (χ0v) is 11.6. The molecular formula is C14H27NO. The Morgan fingerprint density at radius 2 is 2.00 bits per heavy atom. The van der Waals surface area contributed by atoms with Crippen molar-refractivity contribution in [1.29, 1.82) is 0 Å². The molecule has 0 bridgehead atoms. The molecule has 0 atom stereocenters. The molecule has 94 valence electrons. The quantitative estimate of drug-likeness (QED) is 0.706. The number of ether oxygens (including phenoxy) is 1. The molecule has 0 fully saturated rings. The first-order valence-electron chi connectivity index (χ1n) is 6.50. The molecule has 2 heteroatoms. The minimum absolute atomic E-state index is 0.443. The lowest BCUT2D eigenvalue weighted by Gasteiger charge is -2.30. The van der Waals surface area contributed by atoms with Crippen molar-refractivity contribution in [1.82, 2.24) is 4.90 Å². The van der Waals surface area contributed by atoms with Crippen LogP contribution in [0.4, 0.5) is 0 Å². The second-order valence-corrected chi connectivity index (χ2v) is 5.69. The number of rotatable bonds is 5. The van der Waals surface area contributed by atoms with Gasteiger partial charge in [0.1, 0.15) is 6.73 Å². The third-order valence-electron chi connectivity index (χ3n) is 3.73. The van der Waals surface area contributed by atoms with Crippen LogP contribution in [0.1, 0.15) is 53.4 Å². The molecule has 0 aliphatic carbocycles. The van der Waals surface area contributed by atoms with E-state index in [2.05, 4.69) is 39.6 Å². The number of allylic oxidation sites excluding steroid dienone is 1. The van der Waals surface area contributed by atoms with Crippen LogP contribution in [0.15, 0.2) is 11.3 Å². The highest BCUT2D eigenvalue weighted by atomic mass is 16.5. The van der Waals surface area contributed by atoms with Gasteiger partial charge in [-0.2, -0.15) is 0 Å². The predicted molar refractivity (Wildman–Crippen MR) is 69.2 cm³/mol. The van der Waals surface area contributed by atoms with E-state index in [1.807, 2.05) is 0 Å².